The zero-order valence-corrected chi connectivity index (χ0v) is 16.5. The van der Waals surface area contributed by atoms with E-state index >= 15 is 0 Å². The first-order valence-electron chi connectivity index (χ1n) is 9.98. The molecule has 2 heterocycles. The van der Waals surface area contributed by atoms with Gasteiger partial charge in [-0.2, -0.15) is 0 Å². The molecular weight excluding hydrogens is 382 g/mol. The lowest BCUT2D eigenvalue weighted by atomic mass is 9.92. The SMILES string of the molecule is C[C@H](NC(=O)CN1C(=O)N[C@]2(CCc3ccccc32)C1=O)c1cc2ccccc2o1. The fourth-order valence-corrected chi connectivity index (χ4v) is 4.45. The molecule has 0 saturated carbocycles. The number of rotatable bonds is 4. The van der Waals surface area contributed by atoms with Gasteiger partial charge in [0.05, 0.1) is 6.04 Å². The average Bonchev–Trinajstić information content (AvgIpc) is 3.40. The third kappa shape index (κ3) is 2.77. The quantitative estimate of drug-likeness (QED) is 0.655. The van der Waals surface area contributed by atoms with Crippen molar-refractivity contribution in [2.24, 2.45) is 0 Å². The van der Waals surface area contributed by atoms with Crippen molar-refractivity contribution in [1.29, 1.82) is 0 Å². The molecule has 0 radical (unpaired) electrons. The second kappa shape index (κ2) is 6.73. The highest BCUT2D eigenvalue weighted by molar-refractivity contribution is 6.09. The molecule has 1 aromatic heterocycles. The number of para-hydroxylation sites is 1. The van der Waals surface area contributed by atoms with Crippen LogP contribution in [0.15, 0.2) is 59.0 Å². The zero-order chi connectivity index (χ0) is 20.9. The van der Waals surface area contributed by atoms with E-state index in [9.17, 15) is 14.4 Å². The van der Waals surface area contributed by atoms with Crippen molar-refractivity contribution < 1.29 is 18.8 Å². The molecule has 1 saturated heterocycles. The Kier molecular flexibility index (Phi) is 4.13. The number of aryl methyl sites for hydroxylation is 1. The smallest absolute Gasteiger partial charge is 0.325 e. The molecule has 7 nitrogen and oxygen atoms in total. The molecule has 1 aliphatic heterocycles. The fraction of sp³-hybridized carbons (Fsp3) is 0.261. The number of furan rings is 1. The minimum absolute atomic E-state index is 0.334. The summed E-state index contributed by atoms with van der Waals surface area (Å²) in [6, 6.07) is 16.1. The van der Waals surface area contributed by atoms with Crippen LogP contribution in [0, 0.1) is 0 Å². The van der Waals surface area contributed by atoms with Gasteiger partial charge in [0.2, 0.25) is 5.91 Å². The van der Waals surface area contributed by atoms with Crippen LogP contribution in [0.4, 0.5) is 4.79 Å². The van der Waals surface area contributed by atoms with Crippen LogP contribution in [0.1, 0.15) is 36.3 Å². The van der Waals surface area contributed by atoms with Gasteiger partial charge in [0.25, 0.3) is 5.91 Å². The predicted octanol–water partition coefficient (Wildman–Crippen LogP) is 3.00. The van der Waals surface area contributed by atoms with Crippen molar-refractivity contribution in [2.45, 2.75) is 31.3 Å². The van der Waals surface area contributed by atoms with Gasteiger partial charge in [-0.05, 0) is 43.0 Å². The maximum atomic E-state index is 13.2. The average molecular weight is 403 g/mol. The van der Waals surface area contributed by atoms with Crippen molar-refractivity contribution in [3.8, 4) is 0 Å². The molecule has 0 unspecified atom stereocenters. The number of fused-ring (bicyclic) bond motifs is 3. The van der Waals surface area contributed by atoms with E-state index in [-0.39, 0.29) is 12.5 Å². The third-order valence-electron chi connectivity index (χ3n) is 5.97. The number of benzene rings is 2. The summed E-state index contributed by atoms with van der Waals surface area (Å²) in [6.07, 6.45) is 1.22. The molecule has 0 bridgehead atoms. The third-order valence-corrected chi connectivity index (χ3v) is 5.97. The van der Waals surface area contributed by atoms with Crippen LogP contribution in [0.25, 0.3) is 11.0 Å². The molecule has 1 spiro atoms. The van der Waals surface area contributed by atoms with Gasteiger partial charge in [0, 0.05) is 5.39 Å². The molecule has 3 aromatic rings. The number of carbonyl (C=O) groups is 3. The van der Waals surface area contributed by atoms with E-state index in [0.717, 1.165) is 27.0 Å². The van der Waals surface area contributed by atoms with Crippen LogP contribution < -0.4 is 10.6 Å². The van der Waals surface area contributed by atoms with Crippen molar-refractivity contribution in [3.63, 3.8) is 0 Å². The van der Waals surface area contributed by atoms with E-state index in [0.29, 0.717) is 18.6 Å². The Morgan fingerprint density at radius 3 is 2.80 bits per heavy atom. The van der Waals surface area contributed by atoms with Gasteiger partial charge in [-0.1, -0.05) is 42.5 Å². The second-order valence-electron chi connectivity index (χ2n) is 7.86. The van der Waals surface area contributed by atoms with Crippen molar-refractivity contribution in [2.75, 3.05) is 6.54 Å². The standard InChI is InChI=1S/C23H21N3O4/c1-14(19-12-16-7-3-5-9-18(16)30-19)24-20(27)13-26-21(28)23(25-22(26)29)11-10-15-6-2-4-8-17(15)23/h2-9,12,14H,10-11,13H2,1H3,(H,24,27)(H,25,29)/t14-,23-/m0/s1. The van der Waals surface area contributed by atoms with Gasteiger partial charge in [-0.3, -0.25) is 14.5 Å². The Morgan fingerprint density at radius 1 is 1.20 bits per heavy atom. The number of imide groups is 1. The van der Waals surface area contributed by atoms with E-state index in [2.05, 4.69) is 10.6 Å². The summed E-state index contributed by atoms with van der Waals surface area (Å²) >= 11 is 0. The van der Waals surface area contributed by atoms with Gasteiger partial charge in [-0.15, -0.1) is 0 Å². The molecule has 1 fully saturated rings. The van der Waals surface area contributed by atoms with E-state index in [1.807, 2.05) is 54.6 Å². The zero-order valence-electron chi connectivity index (χ0n) is 16.5. The van der Waals surface area contributed by atoms with Gasteiger partial charge in [0.1, 0.15) is 23.4 Å². The molecule has 152 valence electrons. The van der Waals surface area contributed by atoms with Crippen LogP contribution in [0.3, 0.4) is 0 Å². The van der Waals surface area contributed by atoms with Crippen LogP contribution in [-0.4, -0.2) is 29.3 Å². The highest BCUT2D eigenvalue weighted by atomic mass is 16.3. The molecule has 4 amide bonds. The summed E-state index contributed by atoms with van der Waals surface area (Å²) in [5, 5.41) is 6.60. The summed E-state index contributed by atoms with van der Waals surface area (Å²) in [5.74, 6) is -0.179. The second-order valence-corrected chi connectivity index (χ2v) is 7.86. The molecule has 30 heavy (non-hydrogen) atoms. The summed E-state index contributed by atoms with van der Waals surface area (Å²) in [5.41, 5.74) is 1.56. The first kappa shape index (κ1) is 18.4. The number of urea groups is 1. The molecule has 2 aliphatic rings. The van der Waals surface area contributed by atoms with Gasteiger partial charge >= 0.3 is 6.03 Å². The number of hydrogen-bond donors (Lipinski definition) is 2. The topological polar surface area (TPSA) is 91.7 Å². The highest BCUT2D eigenvalue weighted by Crippen LogP contribution is 2.41. The molecule has 2 atom stereocenters. The molecule has 2 aromatic carbocycles. The summed E-state index contributed by atoms with van der Waals surface area (Å²) in [4.78, 5) is 39.3. The highest BCUT2D eigenvalue weighted by Gasteiger charge is 2.55. The lowest BCUT2D eigenvalue weighted by molar-refractivity contribution is -0.135. The van der Waals surface area contributed by atoms with E-state index in [4.69, 9.17) is 4.42 Å². The molecule has 1 aliphatic carbocycles. The van der Waals surface area contributed by atoms with Gasteiger partial charge in [0.15, 0.2) is 0 Å². The molecule has 2 N–H and O–H groups in total. The van der Waals surface area contributed by atoms with Crippen LogP contribution in [-0.2, 0) is 21.5 Å². The maximum Gasteiger partial charge on any atom is 0.325 e. The molecule has 7 heteroatoms. The van der Waals surface area contributed by atoms with Crippen LogP contribution in [0.5, 0.6) is 0 Å². The van der Waals surface area contributed by atoms with E-state index in [1.54, 1.807) is 6.92 Å². The van der Waals surface area contributed by atoms with E-state index < -0.39 is 23.5 Å². The normalized spacial score (nSPS) is 21.2. The maximum absolute atomic E-state index is 13.2. The number of carbonyl (C=O) groups excluding carboxylic acids is 3. The largest absolute Gasteiger partial charge is 0.459 e. The van der Waals surface area contributed by atoms with Crippen LogP contribution in [0.2, 0.25) is 0 Å². The molecular formula is C23H21N3O4. The summed E-state index contributed by atoms with van der Waals surface area (Å²) < 4.78 is 5.78. The predicted molar refractivity (Wildman–Crippen MR) is 109 cm³/mol. The molecule has 5 rings (SSSR count). The number of hydrogen-bond acceptors (Lipinski definition) is 4. The lowest BCUT2D eigenvalue weighted by Gasteiger charge is -2.22. The van der Waals surface area contributed by atoms with Crippen LogP contribution >= 0.6 is 0 Å². The Balaban J connectivity index is 1.30. The van der Waals surface area contributed by atoms with Gasteiger partial charge < -0.3 is 15.1 Å². The number of nitrogens with zero attached hydrogens (tertiary/aromatic N) is 1. The number of amides is 4. The van der Waals surface area contributed by atoms with Crippen molar-refractivity contribution >= 4 is 28.8 Å². The Morgan fingerprint density at radius 2 is 1.97 bits per heavy atom. The monoisotopic (exact) mass is 403 g/mol. The Labute approximate surface area is 173 Å². The summed E-state index contributed by atoms with van der Waals surface area (Å²) in [7, 11) is 0. The van der Waals surface area contributed by atoms with Crippen molar-refractivity contribution in [3.05, 3.63) is 71.5 Å². The minimum atomic E-state index is -1.06. The minimum Gasteiger partial charge on any atom is -0.459 e. The first-order valence-corrected chi connectivity index (χ1v) is 9.98. The van der Waals surface area contributed by atoms with Crippen molar-refractivity contribution in [1.82, 2.24) is 15.5 Å². The Hall–Kier alpha value is -3.61. The first-order chi connectivity index (χ1) is 14.5. The summed E-state index contributed by atoms with van der Waals surface area (Å²) in [6.45, 7) is 1.47. The fourth-order valence-electron chi connectivity index (χ4n) is 4.45. The lowest BCUT2D eigenvalue weighted by Crippen LogP contribution is -2.44. The van der Waals surface area contributed by atoms with E-state index in [1.165, 1.54) is 0 Å². The Bertz CT molecular complexity index is 1150. The number of nitrogens with one attached hydrogen (secondary N) is 2. The van der Waals surface area contributed by atoms with Gasteiger partial charge in [-0.25, -0.2) is 4.79 Å².